The highest BCUT2D eigenvalue weighted by atomic mass is 32.1. The molecule has 0 saturated heterocycles. The van der Waals surface area contributed by atoms with Crippen molar-refractivity contribution in [3.8, 4) is 0 Å². The first-order valence-electron chi connectivity index (χ1n) is 5.19. The maximum Gasteiger partial charge on any atom is 0.248 e. The number of carbonyl (C=O) groups is 1. The van der Waals surface area contributed by atoms with Gasteiger partial charge >= 0.3 is 0 Å². The Morgan fingerprint density at radius 1 is 1.41 bits per heavy atom. The van der Waals surface area contributed by atoms with Crippen LogP contribution in [0.25, 0.3) is 6.08 Å². The van der Waals surface area contributed by atoms with E-state index in [-0.39, 0.29) is 5.91 Å². The van der Waals surface area contributed by atoms with Crippen molar-refractivity contribution in [1.82, 2.24) is 4.98 Å². The lowest BCUT2D eigenvalue weighted by molar-refractivity contribution is -0.111. The Kier molecular flexibility index (Phi) is 3.67. The molecule has 0 unspecified atom stereocenters. The SMILES string of the molecule is Cc1ccc(/C=C/C(=O)Nc2cccnc2)s1. The van der Waals surface area contributed by atoms with E-state index >= 15 is 0 Å². The van der Waals surface area contributed by atoms with Crippen LogP contribution in [0, 0.1) is 6.92 Å². The molecule has 1 amide bonds. The second-order valence-corrected chi connectivity index (χ2v) is 4.83. The smallest absolute Gasteiger partial charge is 0.248 e. The fourth-order valence-corrected chi connectivity index (χ4v) is 2.10. The fourth-order valence-electron chi connectivity index (χ4n) is 1.32. The van der Waals surface area contributed by atoms with Gasteiger partial charge in [0.05, 0.1) is 11.9 Å². The third-order valence-electron chi connectivity index (χ3n) is 2.09. The summed E-state index contributed by atoms with van der Waals surface area (Å²) < 4.78 is 0. The first-order valence-corrected chi connectivity index (χ1v) is 6.01. The molecule has 0 atom stereocenters. The van der Waals surface area contributed by atoms with Crippen LogP contribution in [0.5, 0.6) is 0 Å². The Hall–Kier alpha value is -1.94. The number of pyridine rings is 1. The summed E-state index contributed by atoms with van der Waals surface area (Å²) in [6.45, 7) is 2.04. The van der Waals surface area contributed by atoms with Crippen molar-refractivity contribution in [2.45, 2.75) is 6.92 Å². The Balaban J connectivity index is 1.96. The molecular formula is C13H12N2OS. The van der Waals surface area contributed by atoms with Crippen LogP contribution in [-0.4, -0.2) is 10.9 Å². The van der Waals surface area contributed by atoms with Crippen molar-refractivity contribution in [3.63, 3.8) is 0 Å². The summed E-state index contributed by atoms with van der Waals surface area (Å²) in [4.78, 5) is 17.8. The van der Waals surface area contributed by atoms with Gasteiger partial charge < -0.3 is 5.32 Å². The third kappa shape index (κ3) is 3.53. The molecule has 0 aliphatic carbocycles. The lowest BCUT2D eigenvalue weighted by atomic mass is 10.3. The third-order valence-corrected chi connectivity index (χ3v) is 3.06. The van der Waals surface area contributed by atoms with E-state index in [0.29, 0.717) is 5.69 Å². The molecule has 3 nitrogen and oxygen atoms in total. The second-order valence-electron chi connectivity index (χ2n) is 3.51. The molecule has 86 valence electrons. The minimum Gasteiger partial charge on any atom is -0.321 e. The number of aryl methyl sites for hydroxylation is 1. The van der Waals surface area contributed by atoms with Crippen molar-refractivity contribution in [3.05, 3.63) is 52.5 Å². The van der Waals surface area contributed by atoms with Crippen LogP contribution in [0.15, 0.2) is 42.7 Å². The van der Waals surface area contributed by atoms with Gasteiger partial charge in [0, 0.05) is 22.0 Å². The zero-order chi connectivity index (χ0) is 12.1. The largest absolute Gasteiger partial charge is 0.321 e. The summed E-state index contributed by atoms with van der Waals surface area (Å²) >= 11 is 1.66. The van der Waals surface area contributed by atoms with Crippen LogP contribution >= 0.6 is 11.3 Å². The number of nitrogens with zero attached hydrogens (tertiary/aromatic N) is 1. The summed E-state index contributed by atoms with van der Waals surface area (Å²) in [6, 6.07) is 7.60. The van der Waals surface area contributed by atoms with E-state index < -0.39 is 0 Å². The number of aromatic nitrogens is 1. The van der Waals surface area contributed by atoms with Gasteiger partial charge in [-0.25, -0.2) is 0 Å². The summed E-state index contributed by atoms with van der Waals surface area (Å²) in [5.74, 6) is -0.149. The molecule has 2 rings (SSSR count). The zero-order valence-corrected chi connectivity index (χ0v) is 10.2. The minimum atomic E-state index is -0.149. The normalized spacial score (nSPS) is 10.6. The fraction of sp³-hybridized carbons (Fsp3) is 0.0769. The number of anilines is 1. The van der Waals surface area contributed by atoms with E-state index in [2.05, 4.69) is 10.3 Å². The highest BCUT2D eigenvalue weighted by Crippen LogP contribution is 2.16. The average molecular weight is 244 g/mol. The highest BCUT2D eigenvalue weighted by molar-refractivity contribution is 7.12. The molecule has 0 spiro atoms. The maximum absolute atomic E-state index is 11.6. The first kappa shape index (κ1) is 11.5. The topological polar surface area (TPSA) is 42.0 Å². The van der Waals surface area contributed by atoms with E-state index in [0.717, 1.165) is 4.88 Å². The van der Waals surface area contributed by atoms with Gasteiger partial charge in [-0.15, -0.1) is 11.3 Å². The van der Waals surface area contributed by atoms with Crippen molar-refractivity contribution >= 4 is 29.0 Å². The van der Waals surface area contributed by atoms with Gasteiger partial charge in [0.1, 0.15) is 0 Å². The standard InChI is InChI=1S/C13H12N2OS/c1-10-4-5-12(17-10)6-7-13(16)15-11-3-2-8-14-9-11/h2-9H,1H3,(H,15,16)/b7-6+. The lowest BCUT2D eigenvalue weighted by Crippen LogP contribution is -2.07. The van der Waals surface area contributed by atoms with E-state index in [1.54, 1.807) is 35.9 Å². The van der Waals surface area contributed by atoms with E-state index in [1.807, 2.05) is 25.1 Å². The van der Waals surface area contributed by atoms with Gasteiger partial charge in [0.15, 0.2) is 0 Å². The van der Waals surface area contributed by atoms with Crippen molar-refractivity contribution in [1.29, 1.82) is 0 Å². The molecule has 0 saturated carbocycles. The van der Waals surface area contributed by atoms with Crippen LogP contribution in [0.2, 0.25) is 0 Å². The molecule has 0 aromatic carbocycles. The van der Waals surface area contributed by atoms with Gasteiger partial charge in [-0.1, -0.05) is 0 Å². The zero-order valence-electron chi connectivity index (χ0n) is 9.38. The van der Waals surface area contributed by atoms with Gasteiger partial charge in [0.2, 0.25) is 5.91 Å². The van der Waals surface area contributed by atoms with Crippen molar-refractivity contribution < 1.29 is 4.79 Å². The average Bonchev–Trinajstić information content (AvgIpc) is 2.74. The molecule has 0 radical (unpaired) electrons. The molecule has 4 heteroatoms. The van der Waals surface area contributed by atoms with Gasteiger partial charge in [-0.05, 0) is 37.3 Å². The molecule has 0 bridgehead atoms. The predicted octanol–water partition coefficient (Wildman–Crippen LogP) is 3.10. The summed E-state index contributed by atoms with van der Waals surface area (Å²) in [5, 5.41) is 2.74. The van der Waals surface area contributed by atoms with Crippen LogP contribution < -0.4 is 5.32 Å². The summed E-state index contributed by atoms with van der Waals surface area (Å²) in [5.41, 5.74) is 0.699. The maximum atomic E-state index is 11.6. The Labute approximate surface area is 104 Å². The number of nitrogens with one attached hydrogen (secondary N) is 1. The molecule has 2 heterocycles. The van der Waals surface area contributed by atoms with Gasteiger partial charge in [-0.2, -0.15) is 0 Å². The van der Waals surface area contributed by atoms with Crippen molar-refractivity contribution in [2.24, 2.45) is 0 Å². The second kappa shape index (κ2) is 5.41. The monoisotopic (exact) mass is 244 g/mol. The molecule has 17 heavy (non-hydrogen) atoms. The summed E-state index contributed by atoms with van der Waals surface area (Å²) in [6.07, 6.45) is 6.61. The molecule has 0 aliphatic heterocycles. The lowest BCUT2D eigenvalue weighted by Gasteiger charge is -1.99. The number of amides is 1. The van der Waals surface area contributed by atoms with Gasteiger partial charge in [-0.3, -0.25) is 9.78 Å². The van der Waals surface area contributed by atoms with Gasteiger partial charge in [0.25, 0.3) is 0 Å². The van der Waals surface area contributed by atoms with Crippen molar-refractivity contribution in [2.75, 3.05) is 5.32 Å². The Morgan fingerprint density at radius 2 is 2.29 bits per heavy atom. The molecule has 0 fully saturated rings. The Morgan fingerprint density at radius 3 is 2.94 bits per heavy atom. The molecule has 2 aromatic heterocycles. The Bertz CT molecular complexity index is 531. The predicted molar refractivity (Wildman–Crippen MR) is 71.0 cm³/mol. The molecule has 0 aliphatic rings. The van der Waals surface area contributed by atoms with E-state index in [9.17, 15) is 4.79 Å². The summed E-state index contributed by atoms with van der Waals surface area (Å²) in [7, 11) is 0. The highest BCUT2D eigenvalue weighted by Gasteiger charge is 1.97. The number of hydrogen-bond acceptors (Lipinski definition) is 3. The van der Waals surface area contributed by atoms with Crippen LogP contribution in [0.1, 0.15) is 9.75 Å². The quantitative estimate of drug-likeness (QED) is 0.843. The number of thiophene rings is 1. The number of rotatable bonds is 3. The van der Waals surface area contributed by atoms with E-state index in [1.165, 1.54) is 11.0 Å². The van der Waals surface area contributed by atoms with Crippen LogP contribution in [-0.2, 0) is 4.79 Å². The molecule has 1 N–H and O–H groups in total. The molecule has 2 aromatic rings. The van der Waals surface area contributed by atoms with E-state index in [4.69, 9.17) is 0 Å². The molecular weight excluding hydrogens is 232 g/mol. The number of carbonyl (C=O) groups excluding carboxylic acids is 1. The van der Waals surface area contributed by atoms with Crippen LogP contribution in [0.4, 0.5) is 5.69 Å². The first-order chi connectivity index (χ1) is 8.24. The van der Waals surface area contributed by atoms with Crippen LogP contribution in [0.3, 0.4) is 0 Å². The minimum absolute atomic E-state index is 0.149. The number of hydrogen-bond donors (Lipinski definition) is 1.